The SMILES string of the molecule is Cn1ccnc1CCCC(C)(C)C. The van der Waals surface area contributed by atoms with Crippen LogP contribution < -0.4 is 0 Å². The summed E-state index contributed by atoms with van der Waals surface area (Å²) in [4.78, 5) is 4.30. The Kier molecular flexibility index (Phi) is 3.12. The van der Waals surface area contributed by atoms with Crippen molar-refractivity contribution in [2.24, 2.45) is 12.5 Å². The summed E-state index contributed by atoms with van der Waals surface area (Å²) >= 11 is 0. The van der Waals surface area contributed by atoms with Gasteiger partial charge in [0.25, 0.3) is 0 Å². The molecule has 2 nitrogen and oxygen atoms in total. The summed E-state index contributed by atoms with van der Waals surface area (Å²) in [5, 5.41) is 0. The van der Waals surface area contributed by atoms with Crippen molar-refractivity contribution in [3.05, 3.63) is 18.2 Å². The van der Waals surface area contributed by atoms with Crippen molar-refractivity contribution in [3.63, 3.8) is 0 Å². The summed E-state index contributed by atoms with van der Waals surface area (Å²) in [6, 6.07) is 0. The molecule has 1 rings (SSSR count). The predicted octanol–water partition coefficient (Wildman–Crippen LogP) is 2.79. The molecule has 1 aromatic rings. The van der Waals surface area contributed by atoms with Gasteiger partial charge in [0.2, 0.25) is 0 Å². The molecule has 2 heteroatoms. The van der Waals surface area contributed by atoms with E-state index in [0.717, 1.165) is 6.42 Å². The van der Waals surface area contributed by atoms with Gasteiger partial charge in [-0.05, 0) is 18.3 Å². The molecular formula is C11H20N2. The molecule has 0 aliphatic heterocycles. The van der Waals surface area contributed by atoms with Crippen molar-refractivity contribution in [1.29, 1.82) is 0 Å². The van der Waals surface area contributed by atoms with Crippen LogP contribution in [0, 0.1) is 5.41 Å². The predicted molar refractivity (Wildman–Crippen MR) is 55.6 cm³/mol. The van der Waals surface area contributed by atoms with E-state index in [4.69, 9.17) is 0 Å². The monoisotopic (exact) mass is 180 g/mol. The van der Waals surface area contributed by atoms with Crippen LogP contribution in [0.1, 0.15) is 39.4 Å². The second-order valence-corrected chi connectivity index (χ2v) is 4.87. The molecule has 0 N–H and O–H groups in total. The number of hydrogen-bond donors (Lipinski definition) is 0. The Labute approximate surface area is 81.0 Å². The standard InChI is InChI=1S/C11H20N2/c1-11(2,3)7-5-6-10-12-8-9-13(10)4/h8-9H,5-7H2,1-4H3. The van der Waals surface area contributed by atoms with Crippen molar-refractivity contribution in [1.82, 2.24) is 9.55 Å². The first-order valence-electron chi connectivity index (χ1n) is 4.95. The van der Waals surface area contributed by atoms with E-state index in [1.165, 1.54) is 18.7 Å². The quantitative estimate of drug-likeness (QED) is 0.699. The summed E-state index contributed by atoms with van der Waals surface area (Å²) in [6.45, 7) is 6.85. The van der Waals surface area contributed by atoms with E-state index in [9.17, 15) is 0 Å². The second-order valence-electron chi connectivity index (χ2n) is 4.87. The van der Waals surface area contributed by atoms with Crippen LogP contribution in [0.2, 0.25) is 0 Å². The third-order valence-corrected chi connectivity index (χ3v) is 2.25. The van der Waals surface area contributed by atoms with Crippen molar-refractivity contribution in [2.45, 2.75) is 40.0 Å². The summed E-state index contributed by atoms with van der Waals surface area (Å²) < 4.78 is 2.10. The zero-order chi connectivity index (χ0) is 9.90. The molecule has 0 saturated carbocycles. The van der Waals surface area contributed by atoms with Crippen molar-refractivity contribution in [3.8, 4) is 0 Å². The summed E-state index contributed by atoms with van der Waals surface area (Å²) in [5.74, 6) is 1.20. The highest BCUT2D eigenvalue weighted by Crippen LogP contribution is 2.21. The smallest absolute Gasteiger partial charge is 0.108 e. The third-order valence-electron chi connectivity index (χ3n) is 2.25. The molecule has 1 heterocycles. The molecule has 0 aliphatic rings. The molecule has 74 valence electrons. The number of hydrogen-bond acceptors (Lipinski definition) is 1. The lowest BCUT2D eigenvalue weighted by Gasteiger charge is -2.17. The van der Waals surface area contributed by atoms with Crippen LogP contribution in [-0.2, 0) is 13.5 Å². The Morgan fingerprint density at radius 3 is 2.54 bits per heavy atom. The van der Waals surface area contributed by atoms with Gasteiger partial charge in [0, 0.05) is 25.9 Å². The Hall–Kier alpha value is -0.790. The first-order chi connectivity index (χ1) is 5.99. The molecule has 1 aromatic heterocycles. The van der Waals surface area contributed by atoms with Gasteiger partial charge in [0.15, 0.2) is 0 Å². The molecular weight excluding hydrogens is 160 g/mol. The number of aryl methyl sites for hydroxylation is 2. The fourth-order valence-corrected chi connectivity index (χ4v) is 1.41. The lowest BCUT2D eigenvalue weighted by molar-refractivity contribution is 0.363. The number of aromatic nitrogens is 2. The van der Waals surface area contributed by atoms with E-state index in [1.807, 2.05) is 12.4 Å². The molecule has 13 heavy (non-hydrogen) atoms. The van der Waals surface area contributed by atoms with Crippen LogP contribution in [0.4, 0.5) is 0 Å². The van der Waals surface area contributed by atoms with Crippen LogP contribution in [0.3, 0.4) is 0 Å². The van der Waals surface area contributed by atoms with Gasteiger partial charge < -0.3 is 4.57 Å². The highest BCUT2D eigenvalue weighted by atomic mass is 15.0. The minimum atomic E-state index is 0.450. The molecule has 0 bridgehead atoms. The Bertz CT molecular complexity index is 255. The molecule has 0 aliphatic carbocycles. The zero-order valence-electron chi connectivity index (χ0n) is 9.17. The van der Waals surface area contributed by atoms with Gasteiger partial charge >= 0.3 is 0 Å². The van der Waals surface area contributed by atoms with Crippen molar-refractivity contribution < 1.29 is 0 Å². The fourth-order valence-electron chi connectivity index (χ4n) is 1.41. The molecule has 0 fully saturated rings. The number of rotatable bonds is 3. The van der Waals surface area contributed by atoms with Crippen molar-refractivity contribution >= 4 is 0 Å². The average molecular weight is 180 g/mol. The number of imidazole rings is 1. The van der Waals surface area contributed by atoms with Crippen LogP contribution in [0.25, 0.3) is 0 Å². The van der Waals surface area contributed by atoms with Gasteiger partial charge in [0.05, 0.1) is 0 Å². The molecule has 0 spiro atoms. The Morgan fingerprint density at radius 1 is 1.38 bits per heavy atom. The first kappa shape index (κ1) is 10.3. The zero-order valence-corrected chi connectivity index (χ0v) is 9.17. The molecule has 0 radical (unpaired) electrons. The van der Waals surface area contributed by atoms with E-state index in [1.54, 1.807) is 0 Å². The Morgan fingerprint density at radius 2 is 2.08 bits per heavy atom. The first-order valence-corrected chi connectivity index (χ1v) is 4.95. The van der Waals surface area contributed by atoms with Gasteiger partial charge in [-0.3, -0.25) is 0 Å². The van der Waals surface area contributed by atoms with E-state index >= 15 is 0 Å². The summed E-state index contributed by atoms with van der Waals surface area (Å²) in [5.41, 5.74) is 0.450. The second kappa shape index (κ2) is 3.95. The molecule has 0 amide bonds. The maximum absolute atomic E-state index is 4.30. The maximum atomic E-state index is 4.30. The fraction of sp³-hybridized carbons (Fsp3) is 0.727. The lowest BCUT2D eigenvalue weighted by Crippen LogP contribution is -2.06. The molecule has 0 saturated heterocycles. The normalized spacial score (nSPS) is 12.0. The van der Waals surface area contributed by atoms with Gasteiger partial charge in [-0.25, -0.2) is 4.98 Å². The van der Waals surface area contributed by atoms with Crippen LogP contribution in [0.5, 0.6) is 0 Å². The van der Waals surface area contributed by atoms with Crippen LogP contribution in [-0.4, -0.2) is 9.55 Å². The Balaban J connectivity index is 2.32. The van der Waals surface area contributed by atoms with Gasteiger partial charge in [-0.15, -0.1) is 0 Å². The average Bonchev–Trinajstić information content (AvgIpc) is 2.34. The highest BCUT2D eigenvalue weighted by Gasteiger charge is 2.09. The summed E-state index contributed by atoms with van der Waals surface area (Å²) in [6.07, 6.45) is 7.47. The van der Waals surface area contributed by atoms with Gasteiger partial charge in [-0.2, -0.15) is 0 Å². The van der Waals surface area contributed by atoms with E-state index in [0.29, 0.717) is 5.41 Å². The van der Waals surface area contributed by atoms with Gasteiger partial charge in [0.1, 0.15) is 5.82 Å². The van der Waals surface area contributed by atoms with Crippen LogP contribution in [0.15, 0.2) is 12.4 Å². The molecule has 0 unspecified atom stereocenters. The van der Waals surface area contributed by atoms with E-state index in [2.05, 4.69) is 37.4 Å². The highest BCUT2D eigenvalue weighted by molar-refractivity contribution is 4.91. The molecule has 0 aromatic carbocycles. The van der Waals surface area contributed by atoms with E-state index < -0.39 is 0 Å². The van der Waals surface area contributed by atoms with Crippen LogP contribution >= 0.6 is 0 Å². The number of nitrogens with zero attached hydrogens (tertiary/aromatic N) is 2. The molecule has 0 atom stereocenters. The third kappa shape index (κ3) is 3.62. The van der Waals surface area contributed by atoms with Crippen molar-refractivity contribution in [2.75, 3.05) is 0 Å². The van der Waals surface area contributed by atoms with Gasteiger partial charge in [-0.1, -0.05) is 20.8 Å². The summed E-state index contributed by atoms with van der Waals surface area (Å²) in [7, 11) is 2.05. The topological polar surface area (TPSA) is 17.8 Å². The minimum absolute atomic E-state index is 0.450. The largest absolute Gasteiger partial charge is 0.338 e. The van der Waals surface area contributed by atoms with E-state index in [-0.39, 0.29) is 0 Å². The maximum Gasteiger partial charge on any atom is 0.108 e. The lowest BCUT2D eigenvalue weighted by atomic mass is 9.90. The minimum Gasteiger partial charge on any atom is -0.338 e.